The molecular weight excluding hydrogens is 426 g/mol. The third-order valence-electron chi connectivity index (χ3n) is 4.60. The van der Waals surface area contributed by atoms with Crippen LogP contribution in [0.4, 0.5) is 0 Å². The number of halogens is 2. The maximum absolute atomic E-state index is 3.39. The van der Waals surface area contributed by atoms with E-state index in [1.807, 2.05) is 0 Å². The standard InChI is InChI=1S/2C11H17.2ClH.Zr/c2*1-4-9-11(2,3)10-7-5-6-8-10;;;/h2*5,7H,4,6,9H2,1-3H3;2*1H;/q2*-1;;;+4/p-2. The maximum Gasteiger partial charge on any atom is 4.00 e. The van der Waals surface area contributed by atoms with Gasteiger partial charge in [0.2, 0.25) is 0 Å². The molecule has 0 bridgehead atoms. The van der Waals surface area contributed by atoms with Gasteiger partial charge in [0.05, 0.1) is 0 Å². The molecule has 0 nitrogen and oxygen atoms in total. The first-order chi connectivity index (χ1) is 10.3. The van der Waals surface area contributed by atoms with Gasteiger partial charge in [-0.25, -0.2) is 23.3 Å². The summed E-state index contributed by atoms with van der Waals surface area (Å²) >= 11 is 0. The minimum atomic E-state index is 0. The minimum Gasteiger partial charge on any atom is -1.00 e. The molecule has 0 saturated carbocycles. The summed E-state index contributed by atoms with van der Waals surface area (Å²) in [6.07, 6.45) is 22.7. The summed E-state index contributed by atoms with van der Waals surface area (Å²) in [7, 11) is 0. The average Bonchev–Trinajstić information content (AvgIpc) is 3.14. The van der Waals surface area contributed by atoms with E-state index in [2.05, 4.69) is 78.0 Å². The normalized spacial score (nSPS) is 15.1. The van der Waals surface area contributed by atoms with Crippen LogP contribution in [-0.2, 0) is 26.2 Å². The molecule has 0 amide bonds. The zero-order valence-corrected chi connectivity index (χ0v) is 20.8. The van der Waals surface area contributed by atoms with Gasteiger partial charge in [0, 0.05) is 0 Å². The summed E-state index contributed by atoms with van der Waals surface area (Å²) in [5, 5.41) is 0. The van der Waals surface area contributed by atoms with Crippen molar-refractivity contribution < 1.29 is 51.0 Å². The van der Waals surface area contributed by atoms with E-state index in [-0.39, 0.29) is 51.0 Å². The van der Waals surface area contributed by atoms with E-state index in [1.165, 1.54) is 36.8 Å². The van der Waals surface area contributed by atoms with Crippen molar-refractivity contribution in [2.75, 3.05) is 0 Å². The second-order valence-corrected chi connectivity index (χ2v) is 7.66. The summed E-state index contributed by atoms with van der Waals surface area (Å²) < 4.78 is 0. The van der Waals surface area contributed by atoms with Crippen LogP contribution in [0.15, 0.2) is 35.5 Å². The predicted molar refractivity (Wildman–Crippen MR) is 98.4 cm³/mol. The molecule has 0 spiro atoms. The molecule has 2 aliphatic rings. The van der Waals surface area contributed by atoms with Gasteiger partial charge >= 0.3 is 26.2 Å². The van der Waals surface area contributed by atoms with Crippen molar-refractivity contribution in [1.82, 2.24) is 0 Å². The summed E-state index contributed by atoms with van der Waals surface area (Å²) in [6, 6.07) is 0. The Balaban J connectivity index is -0.000000346. The van der Waals surface area contributed by atoms with Gasteiger partial charge in [0.15, 0.2) is 0 Å². The second-order valence-electron chi connectivity index (χ2n) is 7.66. The van der Waals surface area contributed by atoms with Gasteiger partial charge in [0.25, 0.3) is 0 Å². The van der Waals surface area contributed by atoms with Gasteiger partial charge in [-0.2, -0.15) is 12.2 Å². The van der Waals surface area contributed by atoms with Crippen LogP contribution in [0, 0.1) is 23.0 Å². The number of rotatable bonds is 6. The molecule has 140 valence electrons. The first kappa shape index (κ1) is 30.2. The topological polar surface area (TPSA) is 0 Å². The Kier molecular flexibility index (Phi) is 17.5. The van der Waals surface area contributed by atoms with Crippen LogP contribution in [0.5, 0.6) is 0 Å². The van der Waals surface area contributed by atoms with Crippen LogP contribution in [0.1, 0.15) is 80.1 Å². The van der Waals surface area contributed by atoms with Crippen LogP contribution < -0.4 is 24.8 Å². The molecule has 0 radical (unpaired) electrons. The third kappa shape index (κ3) is 10.4. The molecule has 2 aliphatic carbocycles. The maximum atomic E-state index is 3.39. The van der Waals surface area contributed by atoms with Crippen LogP contribution >= 0.6 is 0 Å². The van der Waals surface area contributed by atoms with E-state index in [4.69, 9.17) is 0 Å². The van der Waals surface area contributed by atoms with Crippen molar-refractivity contribution in [3.05, 3.63) is 47.6 Å². The first-order valence-electron chi connectivity index (χ1n) is 8.89. The Hall–Kier alpha value is 0.423. The molecule has 0 fully saturated rings. The smallest absolute Gasteiger partial charge is 1.00 e. The van der Waals surface area contributed by atoms with Crippen molar-refractivity contribution >= 4 is 0 Å². The Bertz CT molecular complexity index is 424. The molecule has 0 saturated heterocycles. The molecule has 0 aromatic heterocycles. The Morgan fingerprint density at radius 3 is 1.28 bits per heavy atom. The van der Waals surface area contributed by atoms with Gasteiger partial charge in [-0.05, 0) is 23.7 Å². The zero-order chi connectivity index (χ0) is 16.6. The predicted octanol–water partition coefficient (Wildman–Crippen LogP) is 1.01. The number of allylic oxidation sites excluding steroid dienone is 8. The molecule has 0 N–H and O–H groups in total. The summed E-state index contributed by atoms with van der Waals surface area (Å²) in [6.45, 7) is 13.7. The van der Waals surface area contributed by atoms with Crippen LogP contribution in [0.25, 0.3) is 0 Å². The van der Waals surface area contributed by atoms with Gasteiger partial charge in [0.1, 0.15) is 0 Å². The fourth-order valence-corrected chi connectivity index (χ4v) is 3.26. The molecule has 25 heavy (non-hydrogen) atoms. The van der Waals surface area contributed by atoms with Crippen molar-refractivity contribution in [2.24, 2.45) is 10.8 Å². The molecule has 0 aliphatic heterocycles. The SMILES string of the molecule is CCCC(C)(C)C1=[C-]CC=C1.CCCC(C)(C)C1=[C-]CC=C1.[Cl-].[Cl-].[Zr+4]. The van der Waals surface area contributed by atoms with Crippen molar-refractivity contribution in [3.63, 3.8) is 0 Å². The van der Waals surface area contributed by atoms with Gasteiger partial charge in [-0.1, -0.05) is 54.4 Å². The third-order valence-corrected chi connectivity index (χ3v) is 4.60. The van der Waals surface area contributed by atoms with Crippen LogP contribution in [-0.4, -0.2) is 0 Å². The average molecular weight is 461 g/mol. The van der Waals surface area contributed by atoms with E-state index in [0.717, 1.165) is 12.8 Å². The monoisotopic (exact) mass is 458 g/mol. The van der Waals surface area contributed by atoms with Gasteiger partial charge in [-0.3, -0.25) is 12.2 Å². The van der Waals surface area contributed by atoms with Crippen molar-refractivity contribution in [1.29, 1.82) is 0 Å². The van der Waals surface area contributed by atoms with E-state index < -0.39 is 0 Å². The summed E-state index contributed by atoms with van der Waals surface area (Å²) in [4.78, 5) is 0. The van der Waals surface area contributed by atoms with E-state index in [1.54, 1.807) is 0 Å². The fraction of sp³-hybridized carbons (Fsp3) is 0.636. The van der Waals surface area contributed by atoms with E-state index in [0.29, 0.717) is 10.8 Å². The molecule has 0 aromatic rings. The van der Waals surface area contributed by atoms with Crippen LogP contribution in [0.2, 0.25) is 0 Å². The van der Waals surface area contributed by atoms with Crippen LogP contribution in [0.3, 0.4) is 0 Å². The molecule has 0 unspecified atom stereocenters. The molecule has 0 aromatic carbocycles. The first-order valence-corrected chi connectivity index (χ1v) is 8.89. The molecule has 2 rings (SSSR count). The zero-order valence-electron chi connectivity index (χ0n) is 16.8. The molecular formula is C22H34Cl2Zr. The van der Waals surface area contributed by atoms with Gasteiger partial charge in [-0.15, -0.1) is 12.8 Å². The van der Waals surface area contributed by atoms with E-state index in [9.17, 15) is 0 Å². The Morgan fingerprint density at radius 2 is 1.08 bits per heavy atom. The van der Waals surface area contributed by atoms with Crippen molar-refractivity contribution in [2.45, 2.75) is 80.1 Å². The number of hydrogen-bond acceptors (Lipinski definition) is 0. The number of hydrogen-bond donors (Lipinski definition) is 0. The van der Waals surface area contributed by atoms with E-state index >= 15 is 0 Å². The fourth-order valence-electron chi connectivity index (χ4n) is 3.26. The van der Waals surface area contributed by atoms with Crippen molar-refractivity contribution in [3.8, 4) is 0 Å². The molecule has 0 atom stereocenters. The molecule has 3 heteroatoms. The largest absolute Gasteiger partial charge is 4.00 e. The Morgan fingerprint density at radius 1 is 0.760 bits per heavy atom. The molecule has 0 heterocycles. The Labute approximate surface area is 188 Å². The quantitative estimate of drug-likeness (QED) is 0.519. The van der Waals surface area contributed by atoms with Gasteiger partial charge < -0.3 is 24.8 Å². The summed E-state index contributed by atoms with van der Waals surface area (Å²) in [5.41, 5.74) is 3.50. The minimum absolute atomic E-state index is 0. The second kappa shape index (κ2) is 14.5. The summed E-state index contributed by atoms with van der Waals surface area (Å²) in [5.74, 6) is 0.